The van der Waals surface area contributed by atoms with Crippen LogP contribution >= 0.6 is 11.3 Å². The van der Waals surface area contributed by atoms with Crippen molar-refractivity contribution >= 4 is 17.2 Å². The van der Waals surface area contributed by atoms with Crippen molar-refractivity contribution in [1.29, 1.82) is 0 Å². The van der Waals surface area contributed by atoms with E-state index >= 15 is 0 Å². The predicted molar refractivity (Wildman–Crippen MR) is 77.2 cm³/mol. The van der Waals surface area contributed by atoms with E-state index in [0.29, 0.717) is 19.8 Å². The number of thiophene rings is 1. The Labute approximate surface area is 118 Å². The molecule has 0 aromatic carbocycles. The fraction of sp³-hybridized carbons (Fsp3) is 0.643. The van der Waals surface area contributed by atoms with E-state index in [9.17, 15) is 4.79 Å². The highest BCUT2D eigenvalue weighted by molar-refractivity contribution is 7.09. The van der Waals surface area contributed by atoms with Gasteiger partial charge in [-0.2, -0.15) is 0 Å². The lowest BCUT2D eigenvalue weighted by atomic mass is 9.79. The van der Waals surface area contributed by atoms with Crippen molar-refractivity contribution in [3.05, 3.63) is 22.4 Å². The Morgan fingerprint density at radius 2 is 2.32 bits per heavy atom. The van der Waals surface area contributed by atoms with E-state index in [0.717, 1.165) is 19.3 Å². The van der Waals surface area contributed by atoms with Crippen molar-refractivity contribution < 1.29 is 9.53 Å². The molecule has 1 amide bonds. The summed E-state index contributed by atoms with van der Waals surface area (Å²) in [5.74, 6) is 0.0855. The van der Waals surface area contributed by atoms with Gasteiger partial charge in [-0.15, -0.1) is 11.3 Å². The van der Waals surface area contributed by atoms with Crippen molar-refractivity contribution in [3.63, 3.8) is 0 Å². The molecule has 1 unspecified atom stereocenters. The van der Waals surface area contributed by atoms with Crippen LogP contribution in [0.5, 0.6) is 0 Å². The summed E-state index contributed by atoms with van der Waals surface area (Å²) in [6.07, 6.45) is 2.32. The molecule has 2 rings (SSSR count). The number of nitrogens with one attached hydrogen (secondary N) is 1. The van der Waals surface area contributed by atoms with Crippen LogP contribution in [0.2, 0.25) is 0 Å². The molecular formula is C14H22N2O2S. The van der Waals surface area contributed by atoms with Gasteiger partial charge in [0, 0.05) is 37.1 Å². The summed E-state index contributed by atoms with van der Waals surface area (Å²) in [7, 11) is 0. The fourth-order valence-corrected chi connectivity index (χ4v) is 3.28. The smallest absolute Gasteiger partial charge is 0.227 e. The van der Waals surface area contributed by atoms with Gasteiger partial charge in [0.1, 0.15) is 0 Å². The highest BCUT2D eigenvalue weighted by Crippen LogP contribution is 2.29. The molecule has 0 aliphatic carbocycles. The van der Waals surface area contributed by atoms with Crippen LogP contribution in [0.1, 0.15) is 24.6 Å². The molecule has 5 heteroatoms. The van der Waals surface area contributed by atoms with E-state index in [1.54, 1.807) is 11.3 Å². The summed E-state index contributed by atoms with van der Waals surface area (Å²) >= 11 is 1.72. The number of ether oxygens (including phenoxy) is 1. The maximum Gasteiger partial charge on any atom is 0.227 e. The van der Waals surface area contributed by atoms with Gasteiger partial charge in [-0.25, -0.2) is 0 Å². The summed E-state index contributed by atoms with van der Waals surface area (Å²) < 4.78 is 5.33. The fourth-order valence-electron chi connectivity index (χ4n) is 2.44. The van der Waals surface area contributed by atoms with E-state index in [1.807, 2.05) is 13.0 Å². The number of carbonyl (C=O) groups excluding carboxylic acids is 1. The molecule has 1 saturated heterocycles. The average molecular weight is 282 g/mol. The van der Waals surface area contributed by atoms with Gasteiger partial charge in [0.25, 0.3) is 0 Å². The van der Waals surface area contributed by atoms with Crippen LogP contribution in [-0.4, -0.2) is 31.7 Å². The molecule has 1 aliphatic rings. The number of nitrogens with two attached hydrogens (primary N) is 1. The van der Waals surface area contributed by atoms with E-state index in [4.69, 9.17) is 10.5 Å². The molecule has 1 atom stereocenters. The Morgan fingerprint density at radius 3 is 2.89 bits per heavy atom. The quantitative estimate of drug-likeness (QED) is 0.861. The van der Waals surface area contributed by atoms with Gasteiger partial charge < -0.3 is 15.8 Å². The molecular weight excluding hydrogens is 260 g/mol. The number of rotatable bonds is 5. The lowest BCUT2D eigenvalue weighted by Crippen LogP contribution is -2.51. The predicted octanol–water partition coefficient (Wildman–Crippen LogP) is 1.55. The molecule has 0 bridgehead atoms. The van der Waals surface area contributed by atoms with Gasteiger partial charge >= 0.3 is 0 Å². The molecule has 3 N–H and O–H groups in total. The second-order valence-corrected chi connectivity index (χ2v) is 6.29. The minimum atomic E-state index is -0.429. The van der Waals surface area contributed by atoms with Crippen LogP contribution in [0, 0.1) is 5.41 Å². The Hall–Kier alpha value is -0.910. The van der Waals surface area contributed by atoms with E-state index in [-0.39, 0.29) is 11.9 Å². The van der Waals surface area contributed by atoms with Crippen LogP contribution in [0.15, 0.2) is 17.5 Å². The van der Waals surface area contributed by atoms with Crippen LogP contribution in [0.4, 0.5) is 0 Å². The summed E-state index contributed by atoms with van der Waals surface area (Å²) in [4.78, 5) is 13.7. The second-order valence-electron chi connectivity index (χ2n) is 5.25. The van der Waals surface area contributed by atoms with E-state index < -0.39 is 5.41 Å². The summed E-state index contributed by atoms with van der Waals surface area (Å²) in [6, 6.07) is 4.27. The number of hydrogen-bond donors (Lipinski definition) is 2. The molecule has 0 saturated carbocycles. The Morgan fingerprint density at radius 1 is 1.58 bits per heavy atom. The molecule has 19 heavy (non-hydrogen) atoms. The van der Waals surface area contributed by atoms with Gasteiger partial charge in [-0.3, -0.25) is 4.79 Å². The molecule has 1 aromatic rings. The zero-order valence-corrected chi connectivity index (χ0v) is 12.2. The zero-order chi connectivity index (χ0) is 13.7. The molecule has 2 heterocycles. The topological polar surface area (TPSA) is 64.4 Å². The Kier molecular flexibility index (Phi) is 4.96. The van der Waals surface area contributed by atoms with Crippen molar-refractivity contribution in [1.82, 2.24) is 5.32 Å². The van der Waals surface area contributed by atoms with Gasteiger partial charge in [0.2, 0.25) is 5.91 Å². The summed E-state index contributed by atoms with van der Waals surface area (Å²) in [5.41, 5.74) is 5.41. The van der Waals surface area contributed by atoms with Gasteiger partial charge in [-0.1, -0.05) is 6.07 Å². The molecule has 4 nitrogen and oxygen atoms in total. The average Bonchev–Trinajstić information content (AvgIpc) is 2.92. The third-order valence-electron chi connectivity index (χ3n) is 3.79. The zero-order valence-electron chi connectivity index (χ0n) is 11.4. The first-order chi connectivity index (χ1) is 9.16. The van der Waals surface area contributed by atoms with Crippen LogP contribution in [0.3, 0.4) is 0 Å². The van der Waals surface area contributed by atoms with Crippen molar-refractivity contribution in [2.75, 3.05) is 19.8 Å². The molecule has 1 aromatic heterocycles. The molecule has 0 radical (unpaired) electrons. The van der Waals surface area contributed by atoms with Gasteiger partial charge in [0.05, 0.1) is 5.41 Å². The lowest BCUT2D eigenvalue weighted by Gasteiger charge is -2.35. The molecule has 0 spiro atoms. The van der Waals surface area contributed by atoms with Crippen molar-refractivity contribution in [2.24, 2.45) is 11.1 Å². The van der Waals surface area contributed by atoms with E-state index in [1.165, 1.54) is 4.88 Å². The third-order valence-corrected chi connectivity index (χ3v) is 4.69. The number of carbonyl (C=O) groups is 1. The van der Waals surface area contributed by atoms with Crippen molar-refractivity contribution in [2.45, 2.75) is 32.2 Å². The highest BCUT2D eigenvalue weighted by atomic mass is 32.1. The van der Waals surface area contributed by atoms with Crippen molar-refractivity contribution in [3.8, 4) is 0 Å². The third kappa shape index (κ3) is 3.55. The molecule has 1 aliphatic heterocycles. The van der Waals surface area contributed by atoms with E-state index in [2.05, 4.69) is 16.8 Å². The standard InChI is InChI=1S/C14H22N2O2S/c1-11(9-12-3-2-8-19-12)16-13(17)14(10-15)4-6-18-7-5-14/h2-3,8,11H,4-7,9-10,15H2,1H3,(H,16,17). The molecule has 1 fully saturated rings. The Balaban J connectivity index is 1.91. The minimum Gasteiger partial charge on any atom is -0.381 e. The summed E-state index contributed by atoms with van der Waals surface area (Å²) in [5, 5.41) is 5.17. The monoisotopic (exact) mass is 282 g/mol. The number of amides is 1. The van der Waals surface area contributed by atoms with Crippen LogP contribution in [0.25, 0.3) is 0 Å². The molecule has 106 valence electrons. The first-order valence-corrected chi connectivity index (χ1v) is 7.65. The maximum absolute atomic E-state index is 12.4. The maximum atomic E-state index is 12.4. The first-order valence-electron chi connectivity index (χ1n) is 6.77. The Bertz CT molecular complexity index is 400. The SMILES string of the molecule is CC(Cc1cccs1)NC(=O)C1(CN)CCOCC1. The van der Waals surface area contributed by atoms with Gasteiger partial charge in [-0.05, 0) is 31.2 Å². The van der Waals surface area contributed by atoms with Crippen LogP contribution < -0.4 is 11.1 Å². The largest absolute Gasteiger partial charge is 0.381 e. The lowest BCUT2D eigenvalue weighted by molar-refractivity contribution is -0.136. The highest BCUT2D eigenvalue weighted by Gasteiger charge is 2.39. The summed E-state index contributed by atoms with van der Waals surface area (Å²) in [6.45, 7) is 3.70. The second kappa shape index (κ2) is 6.50. The number of hydrogen-bond acceptors (Lipinski definition) is 4. The van der Waals surface area contributed by atoms with Crippen LogP contribution in [-0.2, 0) is 16.0 Å². The normalized spacial score (nSPS) is 19.9. The van der Waals surface area contributed by atoms with Gasteiger partial charge in [0.15, 0.2) is 0 Å². The first kappa shape index (κ1) is 14.5. The minimum absolute atomic E-state index is 0.0855.